The standard InChI is InChI=1S/C22H24F3N4O7PS2/c1-2-14-16-17(24)19(34-7-5-26)20(35-8-6-27)18(25)21(16)38-22(14)39(32,33)29-11-37(30,31)36-13-4-3-12(10-28)15(23)9-13/h3-4,9,29H,2,5-8,11,26-27H2,1H3,(H,30,31)/p+1. The fraction of sp³-hybridized carbons (Fsp3) is 0.318. The highest BCUT2D eigenvalue weighted by atomic mass is 32.2. The van der Waals surface area contributed by atoms with Crippen LogP contribution in [0.4, 0.5) is 13.2 Å². The third-order valence-corrected chi connectivity index (χ3v) is 9.56. The molecule has 3 rings (SSSR count). The molecule has 0 amide bonds. The highest BCUT2D eigenvalue weighted by Crippen LogP contribution is 2.47. The first-order chi connectivity index (χ1) is 18.4. The number of quaternary nitrogens is 2. The Morgan fingerprint density at radius 2 is 1.74 bits per heavy atom. The lowest BCUT2D eigenvalue weighted by Crippen LogP contribution is -2.53. The maximum atomic E-state index is 15.6. The second kappa shape index (κ2) is 12.5. The number of nitrogens with zero attached hydrogens (tertiary/aromatic N) is 1. The summed E-state index contributed by atoms with van der Waals surface area (Å²) in [6, 6.07) is 4.24. The monoisotopic (exact) mass is 609 g/mol. The largest absolute Gasteiger partial charge is 0.768 e. The van der Waals surface area contributed by atoms with E-state index >= 15 is 8.78 Å². The van der Waals surface area contributed by atoms with Gasteiger partial charge in [-0.1, -0.05) is 6.92 Å². The molecule has 0 aliphatic rings. The highest BCUT2D eigenvalue weighted by molar-refractivity contribution is 7.92. The zero-order chi connectivity index (χ0) is 29.0. The number of hydrogen-bond acceptors (Lipinski definition) is 9. The van der Waals surface area contributed by atoms with Crippen LogP contribution in [-0.4, -0.2) is 41.0 Å². The highest BCUT2D eigenvalue weighted by Gasteiger charge is 2.32. The van der Waals surface area contributed by atoms with Crippen LogP contribution in [0.1, 0.15) is 18.1 Å². The summed E-state index contributed by atoms with van der Waals surface area (Å²) in [6.45, 7) is 1.84. The van der Waals surface area contributed by atoms with Crippen LogP contribution >= 0.6 is 18.9 Å². The van der Waals surface area contributed by atoms with Crippen LogP contribution in [0.3, 0.4) is 0 Å². The first kappa shape index (κ1) is 30.6. The molecule has 1 heterocycles. The molecule has 0 aliphatic carbocycles. The lowest BCUT2D eigenvalue weighted by Gasteiger charge is -2.24. The Hall–Kier alpha value is -2.90. The summed E-state index contributed by atoms with van der Waals surface area (Å²) in [5, 5.41) is 8.43. The average Bonchev–Trinajstić information content (AvgIpc) is 3.29. The first-order valence-corrected chi connectivity index (χ1v) is 15.4. The van der Waals surface area contributed by atoms with Gasteiger partial charge in [0.2, 0.25) is 11.5 Å². The Morgan fingerprint density at radius 3 is 2.28 bits per heavy atom. The van der Waals surface area contributed by atoms with Crippen LogP contribution in [0.15, 0.2) is 22.4 Å². The van der Waals surface area contributed by atoms with E-state index in [1.165, 1.54) is 6.92 Å². The molecule has 1 unspecified atom stereocenters. The van der Waals surface area contributed by atoms with Gasteiger partial charge < -0.3 is 30.4 Å². The van der Waals surface area contributed by atoms with Gasteiger partial charge in [0, 0.05) is 11.5 Å². The number of ether oxygens (including phenoxy) is 2. The van der Waals surface area contributed by atoms with E-state index in [1.807, 2.05) is 4.72 Å². The topological polar surface area (TPSA) is 193 Å². The zero-order valence-corrected chi connectivity index (χ0v) is 23.1. The van der Waals surface area contributed by atoms with Crippen LogP contribution in [0.5, 0.6) is 17.2 Å². The summed E-state index contributed by atoms with van der Waals surface area (Å²) < 4.78 is 99.9. The molecule has 212 valence electrons. The number of hydrogen-bond donors (Lipinski definition) is 3. The van der Waals surface area contributed by atoms with Gasteiger partial charge in [0.25, 0.3) is 10.0 Å². The Labute approximate surface area is 225 Å². The number of thiophene rings is 1. The van der Waals surface area contributed by atoms with E-state index in [2.05, 4.69) is 11.5 Å². The maximum absolute atomic E-state index is 15.6. The van der Waals surface area contributed by atoms with E-state index < -0.39 is 62.8 Å². The van der Waals surface area contributed by atoms with Gasteiger partial charge in [-0.15, -0.1) is 11.3 Å². The molecule has 3 aromatic rings. The second-order valence-corrected chi connectivity index (χ2v) is 12.6. The van der Waals surface area contributed by atoms with Crippen LogP contribution in [0.25, 0.3) is 10.1 Å². The van der Waals surface area contributed by atoms with Crippen LogP contribution < -0.4 is 35.1 Å². The molecule has 1 atom stereocenters. The fourth-order valence-electron chi connectivity index (χ4n) is 3.46. The summed E-state index contributed by atoms with van der Waals surface area (Å²) in [6.07, 6.45) is -1.31. The van der Waals surface area contributed by atoms with Gasteiger partial charge in [-0.2, -0.15) is 5.26 Å². The predicted octanol–water partition coefficient (Wildman–Crippen LogP) is 0.862. The smallest absolute Gasteiger partial charge is 0.250 e. The zero-order valence-electron chi connectivity index (χ0n) is 20.6. The number of nitriles is 1. The van der Waals surface area contributed by atoms with Crippen molar-refractivity contribution >= 4 is 39.0 Å². The van der Waals surface area contributed by atoms with Crippen molar-refractivity contribution in [2.45, 2.75) is 17.6 Å². The van der Waals surface area contributed by atoms with Crippen molar-refractivity contribution in [3.05, 3.63) is 46.8 Å². The lowest BCUT2D eigenvalue weighted by molar-refractivity contribution is -0.372. The molecule has 2 aromatic carbocycles. The van der Waals surface area contributed by atoms with Gasteiger partial charge in [0.15, 0.2) is 19.2 Å². The number of fused-ring (bicyclic) bond motifs is 1. The van der Waals surface area contributed by atoms with E-state index in [-0.39, 0.29) is 53.9 Å². The molecule has 0 aliphatic heterocycles. The minimum atomic E-state index is -4.98. The van der Waals surface area contributed by atoms with E-state index in [1.54, 1.807) is 6.07 Å². The third kappa shape index (κ3) is 6.64. The number of halogens is 3. The second-order valence-electron chi connectivity index (χ2n) is 7.88. The molecule has 7 N–H and O–H groups in total. The molecule has 0 bridgehead atoms. The summed E-state index contributed by atoms with van der Waals surface area (Å²) in [5.41, 5.74) is 6.72. The molecule has 39 heavy (non-hydrogen) atoms. The first-order valence-electron chi connectivity index (χ1n) is 11.4. The molecule has 0 radical (unpaired) electrons. The lowest BCUT2D eigenvalue weighted by atomic mass is 10.1. The SMILES string of the molecule is CCc1c(S(=O)(=O)NCP(=O)([O-])Oc2ccc(C#N)c(F)c2)sc2c(F)c(OCC[NH3+])c(OCC[NH3+])c(F)c12. The number of aryl methyl sites for hydroxylation is 1. The van der Waals surface area contributed by atoms with Crippen molar-refractivity contribution in [1.82, 2.24) is 4.72 Å². The van der Waals surface area contributed by atoms with E-state index in [9.17, 15) is 22.3 Å². The molecule has 1 aromatic heterocycles. The van der Waals surface area contributed by atoms with Gasteiger partial charge in [0.1, 0.15) is 48.1 Å². The molecule has 0 fully saturated rings. The minimum absolute atomic E-state index is 0.0590. The molecule has 0 spiro atoms. The van der Waals surface area contributed by atoms with E-state index in [0.717, 1.165) is 12.1 Å². The van der Waals surface area contributed by atoms with Crippen molar-refractivity contribution in [1.29, 1.82) is 5.26 Å². The number of sulfonamides is 1. The molecule has 0 saturated carbocycles. The van der Waals surface area contributed by atoms with Crippen LogP contribution in [-0.2, 0) is 21.0 Å². The molecular formula is C22H25F3N4O7PS2+. The van der Waals surface area contributed by atoms with Crippen molar-refractivity contribution in [2.24, 2.45) is 0 Å². The quantitative estimate of drug-likeness (QED) is 0.238. The molecular weight excluding hydrogens is 584 g/mol. The summed E-state index contributed by atoms with van der Waals surface area (Å²) in [7, 11) is -9.62. The number of nitrogens with one attached hydrogen (secondary N) is 1. The molecule has 11 nitrogen and oxygen atoms in total. The van der Waals surface area contributed by atoms with Gasteiger partial charge in [-0.05, 0) is 24.1 Å². The Balaban J connectivity index is 1.99. The minimum Gasteiger partial charge on any atom is -0.768 e. The van der Waals surface area contributed by atoms with Gasteiger partial charge >= 0.3 is 0 Å². The number of rotatable bonds is 13. The van der Waals surface area contributed by atoms with E-state index in [0.29, 0.717) is 17.4 Å². The molecule has 0 saturated heterocycles. The van der Waals surface area contributed by atoms with E-state index in [4.69, 9.17) is 19.3 Å². The van der Waals surface area contributed by atoms with Gasteiger partial charge in [-0.25, -0.2) is 26.3 Å². The number of benzene rings is 2. The van der Waals surface area contributed by atoms with Crippen molar-refractivity contribution < 1.29 is 56.5 Å². The van der Waals surface area contributed by atoms with Crippen LogP contribution in [0, 0.1) is 28.8 Å². The summed E-state index contributed by atoms with van der Waals surface area (Å²) in [4.78, 5) is 12.4. The van der Waals surface area contributed by atoms with Crippen molar-refractivity contribution in [2.75, 3.05) is 32.6 Å². The average molecular weight is 610 g/mol. The Morgan fingerprint density at radius 1 is 1.13 bits per heavy atom. The molecule has 17 heteroatoms. The Bertz CT molecular complexity index is 1580. The fourth-order valence-corrected chi connectivity index (χ4v) is 7.89. The van der Waals surface area contributed by atoms with Crippen molar-refractivity contribution in [3.8, 4) is 23.3 Å². The Kier molecular flexibility index (Phi) is 9.83. The summed E-state index contributed by atoms with van der Waals surface area (Å²) in [5.74, 6) is -4.66. The van der Waals surface area contributed by atoms with Gasteiger partial charge in [-0.3, -0.25) is 4.57 Å². The predicted molar refractivity (Wildman–Crippen MR) is 132 cm³/mol. The van der Waals surface area contributed by atoms with Crippen molar-refractivity contribution in [3.63, 3.8) is 0 Å². The third-order valence-electron chi connectivity index (χ3n) is 5.13. The normalized spacial score (nSPS) is 13.2. The van der Waals surface area contributed by atoms with Gasteiger partial charge in [0.05, 0.1) is 16.5 Å². The summed E-state index contributed by atoms with van der Waals surface area (Å²) >= 11 is 0.395. The van der Waals surface area contributed by atoms with Crippen LogP contribution in [0.2, 0.25) is 0 Å². The maximum Gasteiger partial charge on any atom is 0.250 e.